The number of benzene rings is 1. The van der Waals surface area contributed by atoms with Crippen LogP contribution in [0.4, 0.5) is 5.82 Å². The summed E-state index contributed by atoms with van der Waals surface area (Å²) >= 11 is 0. The summed E-state index contributed by atoms with van der Waals surface area (Å²) in [4.78, 5) is 4.52. The number of hydrogen-bond acceptors (Lipinski definition) is 5. The van der Waals surface area contributed by atoms with Gasteiger partial charge < -0.3 is 5.32 Å². The highest BCUT2D eigenvalue weighted by atomic mass is 15.4. The molecule has 0 bridgehead atoms. The van der Waals surface area contributed by atoms with E-state index in [2.05, 4.69) is 33.6 Å². The fourth-order valence-corrected chi connectivity index (χ4v) is 2.30. The number of nitrogens with one attached hydrogen (secondary N) is 1. The molecule has 22 heavy (non-hydrogen) atoms. The molecule has 0 unspecified atom stereocenters. The van der Waals surface area contributed by atoms with Gasteiger partial charge in [0.25, 0.3) is 0 Å². The summed E-state index contributed by atoms with van der Waals surface area (Å²) in [6, 6.07) is 11.6. The monoisotopic (exact) mass is 292 g/mol. The predicted octanol–water partition coefficient (Wildman–Crippen LogP) is 2.72. The van der Waals surface area contributed by atoms with E-state index in [9.17, 15) is 5.26 Å². The Morgan fingerprint density at radius 3 is 3.00 bits per heavy atom. The van der Waals surface area contributed by atoms with Crippen molar-refractivity contribution >= 4 is 16.7 Å². The largest absolute Gasteiger partial charge is 0.364 e. The second-order valence-electron chi connectivity index (χ2n) is 5.01. The van der Waals surface area contributed by atoms with E-state index in [0.29, 0.717) is 17.9 Å². The summed E-state index contributed by atoms with van der Waals surface area (Å²) < 4.78 is 1.82. The van der Waals surface area contributed by atoms with Crippen LogP contribution >= 0.6 is 0 Å². The molecule has 1 aromatic carbocycles. The Labute approximate surface area is 128 Å². The van der Waals surface area contributed by atoms with Crippen molar-refractivity contribution in [3.8, 4) is 6.07 Å². The smallest absolute Gasteiger partial charge is 0.128 e. The van der Waals surface area contributed by atoms with Crippen LogP contribution in [-0.2, 0) is 13.1 Å². The van der Waals surface area contributed by atoms with Crippen molar-refractivity contribution in [2.45, 2.75) is 26.4 Å². The van der Waals surface area contributed by atoms with Gasteiger partial charge in [0.05, 0.1) is 29.9 Å². The lowest BCUT2D eigenvalue weighted by molar-refractivity contribution is 0.579. The molecule has 0 atom stereocenters. The van der Waals surface area contributed by atoms with Crippen molar-refractivity contribution < 1.29 is 0 Å². The second kappa shape index (κ2) is 6.22. The fraction of sp³-hybridized carbons (Fsp3) is 0.250. The van der Waals surface area contributed by atoms with Crippen molar-refractivity contribution in [2.75, 3.05) is 5.32 Å². The minimum atomic E-state index is 0.528. The van der Waals surface area contributed by atoms with Crippen molar-refractivity contribution in [1.82, 2.24) is 20.0 Å². The summed E-state index contributed by atoms with van der Waals surface area (Å²) in [5, 5.41) is 21.5. The van der Waals surface area contributed by atoms with Crippen LogP contribution in [0.5, 0.6) is 0 Å². The highest BCUT2D eigenvalue weighted by Crippen LogP contribution is 2.20. The van der Waals surface area contributed by atoms with E-state index in [-0.39, 0.29) is 0 Å². The van der Waals surface area contributed by atoms with E-state index in [1.807, 2.05) is 35.1 Å². The molecule has 6 nitrogen and oxygen atoms in total. The molecule has 110 valence electrons. The maximum Gasteiger partial charge on any atom is 0.128 e. The highest BCUT2D eigenvalue weighted by Gasteiger charge is 2.06. The van der Waals surface area contributed by atoms with E-state index in [0.717, 1.165) is 29.6 Å². The number of rotatable bonds is 5. The van der Waals surface area contributed by atoms with Gasteiger partial charge in [0.2, 0.25) is 0 Å². The van der Waals surface area contributed by atoms with Crippen LogP contribution in [0.15, 0.2) is 36.5 Å². The van der Waals surface area contributed by atoms with Crippen LogP contribution in [0, 0.1) is 11.3 Å². The van der Waals surface area contributed by atoms with Gasteiger partial charge in [-0.05, 0) is 18.6 Å². The summed E-state index contributed by atoms with van der Waals surface area (Å²) in [6.07, 6.45) is 2.94. The SMILES string of the molecule is CCCn1cc(CNc2cc(C#N)c3ccccc3n2)nn1. The number of nitrogens with zero attached hydrogens (tertiary/aromatic N) is 5. The Hall–Kier alpha value is -2.94. The van der Waals surface area contributed by atoms with Crippen LogP contribution in [0.2, 0.25) is 0 Å². The standard InChI is InChI=1S/C16H16N6/c1-2-7-22-11-13(20-21-22)10-18-16-8-12(9-17)14-5-3-4-6-15(14)19-16/h3-6,8,11H,2,7,10H2,1H3,(H,18,19). The van der Waals surface area contributed by atoms with Gasteiger partial charge >= 0.3 is 0 Å². The lowest BCUT2D eigenvalue weighted by Gasteiger charge is -2.06. The third kappa shape index (κ3) is 2.88. The van der Waals surface area contributed by atoms with E-state index in [4.69, 9.17) is 0 Å². The zero-order valence-electron chi connectivity index (χ0n) is 12.3. The molecule has 1 N–H and O–H groups in total. The molecule has 0 saturated heterocycles. The lowest BCUT2D eigenvalue weighted by atomic mass is 10.1. The second-order valence-corrected chi connectivity index (χ2v) is 5.01. The van der Waals surface area contributed by atoms with Crippen LogP contribution in [0.3, 0.4) is 0 Å². The molecule has 0 aliphatic rings. The quantitative estimate of drug-likeness (QED) is 0.782. The van der Waals surface area contributed by atoms with Gasteiger partial charge in [-0.3, -0.25) is 4.68 Å². The number of fused-ring (bicyclic) bond motifs is 1. The van der Waals surface area contributed by atoms with Gasteiger partial charge in [-0.2, -0.15) is 5.26 Å². The summed E-state index contributed by atoms with van der Waals surface area (Å²) in [6.45, 7) is 3.49. The van der Waals surface area contributed by atoms with Crippen LogP contribution in [0.25, 0.3) is 10.9 Å². The molecule has 0 spiro atoms. The first kappa shape index (κ1) is 14.0. The van der Waals surface area contributed by atoms with Gasteiger partial charge in [0.1, 0.15) is 11.5 Å². The minimum absolute atomic E-state index is 0.528. The van der Waals surface area contributed by atoms with Crippen molar-refractivity contribution in [2.24, 2.45) is 0 Å². The van der Waals surface area contributed by atoms with Crippen LogP contribution in [0.1, 0.15) is 24.6 Å². The normalized spacial score (nSPS) is 10.5. The molecule has 3 aromatic rings. The maximum atomic E-state index is 9.28. The van der Waals surface area contributed by atoms with Gasteiger partial charge in [0.15, 0.2) is 0 Å². The van der Waals surface area contributed by atoms with Gasteiger partial charge in [-0.1, -0.05) is 30.3 Å². The van der Waals surface area contributed by atoms with Crippen LogP contribution < -0.4 is 5.32 Å². The Morgan fingerprint density at radius 1 is 1.32 bits per heavy atom. The van der Waals surface area contributed by atoms with Crippen LogP contribution in [-0.4, -0.2) is 20.0 Å². The molecule has 2 aromatic heterocycles. The maximum absolute atomic E-state index is 9.28. The topological polar surface area (TPSA) is 79.4 Å². The Bertz CT molecular complexity index is 830. The first-order chi connectivity index (χ1) is 10.8. The molecular weight excluding hydrogens is 276 g/mol. The Morgan fingerprint density at radius 2 is 2.18 bits per heavy atom. The molecule has 0 aliphatic carbocycles. The first-order valence-corrected chi connectivity index (χ1v) is 7.23. The van der Waals surface area contributed by atoms with Gasteiger partial charge in [0, 0.05) is 11.9 Å². The molecule has 3 rings (SSSR count). The third-order valence-corrected chi connectivity index (χ3v) is 3.33. The number of nitriles is 1. The molecular formula is C16H16N6. The Kier molecular flexibility index (Phi) is 3.97. The number of hydrogen-bond donors (Lipinski definition) is 1. The number of aromatic nitrogens is 4. The average molecular weight is 292 g/mol. The first-order valence-electron chi connectivity index (χ1n) is 7.23. The zero-order chi connectivity index (χ0) is 15.4. The molecule has 2 heterocycles. The average Bonchev–Trinajstić information content (AvgIpc) is 3.00. The molecule has 0 saturated carbocycles. The van der Waals surface area contributed by atoms with E-state index >= 15 is 0 Å². The molecule has 6 heteroatoms. The number of pyridine rings is 1. The number of anilines is 1. The summed E-state index contributed by atoms with van der Waals surface area (Å²) in [5.74, 6) is 0.667. The molecule has 0 amide bonds. The third-order valence-electron chi connectivity index (χ3n) is 3.33. The summed E-state index contributed by atoms with van der Waals surface area (Å²) in [7, 11) is 0. The van der Waals surface area contributed by atoms with Crippen molar-refractivity contribution in [3.05, 3.63) is 47.8 Å². The molecule has 0 aliphatic heterocycles. The zero-order valence-corrected chi connectivity index (χ0v) is 12.3. The van der Waals surface area contributed by atoms with E-state index < -0.39 is 0 Å². The predicted molar refractivity (Wildman–Crippen MR) is 84.1 cm³/mol. The molecule has 0 radical (unpaired) electrons. The lowest BCUT2D eigenvalue weighted by Crippen LogP contribution is -2.02. The fourth-order valence-electron chi connectivity index (χ4n) is 2.30. The number of para-hydroxylation sites is 1. The van der Waals surface area contributed by atoms with Crippen molar-refractivity contribution in [1.29, 1.82) is 5.26 Å². The number of aryl methyl sites for hydroxylation is 1. The van der Waals surface area contributed by atoms with Crippen molar-refractivity contribution in [3.63, 3.8) is 0 Å². The van der Waals surface area contributed by atoms with Gasteiger partial charge in [-0.15, -0.1) is 5.10 Å². The van der Waals surface area contributed by atoms with E-state index in [1.165, 1.54) is 0 Å². The van der Waals surface area contributed by atoms with E-state index in [1.54, 1.807) is 6.07 Å². The minimum Gasteiger partial charge on any atom is -0.364 e. The Balaban J connectivity index is 1.80. The van der Waals surface area contributed by atoms with Gasteiger partial charge in [-0.25, -0.2) is 4.98 Å². The highest BCUT2D eigenvalue weighted by molar-refractivity contribution is 5.86. The molecule has 0 fully saturated rings. The summed E-state index contributed by atoms with van der Waals surface area (Å²) in [5.41, 5.74) is 2.27.